The van der Waals surface area contributed by atoms with E-state index < -0.39 is 0 Å². The molecule has 0 saturated heterocycles. The van der Waals surface area contributed by atoms with Crippen LogP contribution in [0.4, 0.5) is 4.39 Å². The maximum absolute atomic E-state index is 13.0. The lowest BCUT2D eigenvalue weighted by atomic mass is 10.1. The van der Waals surface area contributed by atoms with Crippen molar-refractivity contribution < 1.29 is 14.0 Å². The van der Waals surface area contributed by atoms with Crippen molar-refractivity contribution in [3.8, 4) is 0 Å². The van der Waals surface area contributed by atoms with E-state index in [0.717, 1.165) is 28.1 Å². The van der Waals surface area contributed by atoms with Crippen LogP contribution in [-0.4, -0.2) is 39.6 Å². The van der Waals surface area contributed by atoms with Gasteiger partial charge < -0.3 is 10.2 Å². The fourth-order valence-electron chi connectivity index (χ4n) is 3.53. The number of nitrogens with one attached hydrogen (secondary N) is 1. The molecule has 0 radical (unpaired) electrons. The van der Waals surface area contributed by atoms with Gasteiger partial charge in [-0.1, -0.05) is 41.9 Å². The lowest BCUT2D eigenvalue weighted by Crippen LogP contribution is -2.39. The van der Waals surface area contributed by atoms with E-state index in [1.807, 2.05) is 49.7 Å². The second kappa shape index (κ2) is 11.6. The molecule has 0 aliphatic carbocycles. The van der Waals surface area contributed by atoms with E-state index >= 15 is 0 Å². The molecule has 34 heavy (non-hydrogen) atoms. The molecule has 0 spiro atoms. The number of benzene rings is 2. The summed E-state index contributed by atoms with van der Waals surface area (Å²) in [6, 6.07) is 13.5. The van der Waals surface area contributed by atoms with Crippen LogP contribution in [0.25, 0.3) is 6.08 Å². The number of rotatable bonds is 9. The summed E-state index contributed by atoms with van der Waals surface area (Å²) in [5, 5.41) is 8.03. The van der Waals surface area contributed by atoms with Crippen LogP contribution in [-0.2, 0) is 22.7 Å². The minimum atomic E-state index is -0.329. The van der Waals surface area contributed by atoms with Gasteiger partial charge in [-0.15, -0.1) is 0 Å². The van der Waals surface area contributed by atoms with E-state index in [-0.39, 0.29) is 30.7 Å². The molecule has 8 heteroatoms. The van der Waals surface area contributed by atoms with Gasteiger partial charge in [0.25, 0.3) is 0 Å². The Hall–Kier alpha value is -3.45. The molecule has 0 atom stereocenters. The minimum absolute atomic E-state index is 0.0649. The molecular weight excluding hydrogens is 455 g/mol. The first-order valence-corrected chi connectivity index (χ1v) is 11.4. The zero-order chi connectivity index (χ0) is 24.7. The molecule has 2 amide bonds. The van der Waals surface area contributed by atoms with E-state index in [4.69, 9.17) is 11.6 Å². The molecule has 0 unspecified atom stereocenters. The van der Waals surface area contributed by atoms with Crippen LogP contribution in [0.3, 0.4) is 0 Å². The van der Waals surface area contributed by atoms with Gasteiger partial charge in [0.05, 0.1) is 18.8 Å². The molecule has 3 aromatic rings. The van der Waals surface area contributed by atoms with E-state index in [0.29, 0.717) is 18.1 Å². The number of carbonyl (C=O) groups excluding carboxylic acids is 2. The van der Waals surface area contributed by atoms with Crippen molar-refractivity contribution in [1.29, 1.82) is 0 Å². The van der Waals surface area contributed by atoms with Crippen LogP contribution >= 0.6 is 11.6 Å². The molecular formula is C26H28ClFN4O2. The summed E-state index contributed by atoms with van der Waals surface area (Å²) in [7, 11) is 0. The highest BCUT2D eigenvalue weighted by Gasteiger charge is 2.15. The maximum Gasteiger partial charge on any atom is 0.247 e. The van der Waals surface area contributed by atoms with Gasteiger partial charge in [-0.3, -0.25) is 14.3 Å². The van der Waals surface area contributed by atoms with E-state index in [2.05, 4.69) is 10.4 Å². The predicted octanol–water partition coefficient (Wildman–Crippen LogP) is 4.52. The third kappa shape index (κ3) is 6.54. The summed E-state index contributed by atoms with van der Waals surface area (Å²) in [6.07, 6.45) is 3.20. The number of hydrogen-bond donors (Lipinski definition) is 1. The fourth-order valence-corrected chi connectivity index (χ4v) is 3.73. The van der Waals surface area contributed by atoms with Crippen molar-refractivity contribution in [2.45, 2.75) is 33.9 Å². The summed E-state index contributed by atoms with van der Waals surface area (Å²) in [6.45, 7) is 6.77. The minimum Gasteiger partial charge on any atom is -0.350 e. The van der Waals surface area contributed by atoms with Crippen molar-refractivity contribution in [3.05, 3.63) is 93.5 Å². The lowest BCUT2D eigenvalue weighted by Gasteiger charge is -2.18. The number of halogens is 2. The Balaban J connectivity index is 1.61. The van der Waals surface area contributed by atoms with Gasteiger partial charge in [0.1, 0.15) is 5.82 Å². The second-order valence-corrected chi connectivity index (χ2v) is 8.33. The average Bonchev–Trinajstić information content (AvgIpc) is 3.09. The summed E-state index contributed by atoms with van der Waals surface area (Å²) in [5.74, 6) is -0.880. The number of aromatic nitrogens is 2. The molecule has 3 rings (SSSR count). The third-order valence-electron chi connectivity index (χ3n) is 5.54. The Kier molecular flexibility index (Phi) is 8.60. The predicted molar refractivity (Wildman–Crippen MR) is 132 cm³/mol. The van der Waals surface area contributed by atoms with Crippen molar-refractivity contribution in [3.63, 3.8) is 0 Å². The third-order valence-corrected chi connectivity index (χ3v) is 5.91. The smallest absolute Gasteiger partial charge is 0.247 e. The number of carbonyl (C=O) groups is 2. The molecule has 1 aromatic heterocycles. The molecule has 0 fully saturated rings. The lowest BCUT2D eigenvalue weighted by molar-refractivity contribution is -0.132. The van der Waals surface area contributed by atoms with Gasteiger partial charge in [0.15, 0.2) is 0 Å². The zero-order valence-electron chi connectivity index (χ0n) is 19.5. The van der Waals surface area contributed by atoms with Crippen molar-refractivity contribution in [2.75, 3.05) is 13.1 Å². The Morgan fingerprint density at radius 3 is 2.53 bits per heavy atom. The van der Waals surface area contributed by atoms with Crippen LogP contribution in [0.1, 0.15) is 35.0 Å². The Morgan fingerprint density at radius 1 is 1.15 bits per heavy atom. The Bertz CT molecular complexity index is 1190. The second-order valence-electron chi connectivity index (χ2n) is 7.92. The van der Waals surface area contributed by atoms with E-state index in [9.17, 15) is 14.0 Å². The normalized spacial score (nSPS) is 11.1. The molecule has 0 saturated carbocycles. The fraction of sp³-hybridized carbons (Fsp3) is 0.269. The van der Waals surface area contributed by atoms with Crippen molar-refractivity contribution in [2.24, 2.45) is 0 Å². The standard InChI is InChI=1S/C26H28ClFN4O2/c1-4-31(17-25(33)29-15-20-9-11-22(28)12-10-20)26(34)14-13-23-18(2)30-32(19(23)3)16-21-7-5-6-8-24(21)27/h5-14H,4,15-17H2,1-3H3,(H,29,33)/b14-13+. The van der Waals surface area contributed by atoms with Gasteiger partial charge in [-0.2, -0.15) is 5.10 Å². The largest absolute Gasteiger partial charge is 0.350 e. The molecule has 0 aliphatic heterocycles. The highest BCUT2D eigenvalue weighted by atomic mass is 35.5. The topological polar surface area (TPSA) is 67.2 Å². The summed E-state index contributed by atoms with van der Waals surface area (Å²) in [5.41, 5.74) is 4.32. The Labute approximate surface area is 204 Å². The molecule has 0 bridgehead atoms. The van der Waals surface area contributed by atoms with Gasteiger partial charge in [0.2, 0.25) is 11.8 Å². The SMILES string of the molecule is CCN(CC(=O)NCc1ccc(F)cc1)C(=O)/C=C/c1c(C)nn(Cc2ccccc2Cl)c1C. The van der Waals surface area contributed by atoms with E-state index in [1.165, 1.54) is 23.1 Å². The average molecular weight is 483 g/mol. The quantitative estimate of drug-likeness (QED) is 0.456. The van der Waals surface area contributed by atoms with Gasteiger partial charge in [-0.25, -0.2) is 4.39 Å². The highest BCUT2D eigenvalue weighted by molar-refractivity contribution is 6.31. The summed E-state index contributed by atoms with van der Waals surface area (Å²) in [4.78, 5) is 26.5. The van der Waals surface area contributed by atoms with Crippen LogP contribution in [0.15, 0.2) is 54.6 Å². The number of likely N-dealkylation sites (N-methyl/N-ethyl adjacent to an activating group) is 1. The van der Waals surface area contributed by atoms with Crippen molar-refractivity contribution >= 4 is 29.5 Å². The first-order valence-electron chi connectivity index (χ1n) is 11.0. The van der Waals surface area contributed by atoms with Crippen LogP contribution in [0.2, 0.25) is 5.02 Å². The van der Waals surface area contributed by atoms with Gasteiger partial charge in [-0.05, 0) is 56.2 Å². The molecule has 1 N–H and O–H groups in total. The first kappa shape index (κ1) is 25.2. The number of amides is 2. The van der Waals surface area contributed by atoms with Crippen LogP contribution in [0, 0.1) is 19.7 Å². The monoisotopic (exact) mass is 482 g/mol. The van der Waals surface area contributed by atoms with Crippen molar-refractivity contribution in [1.82, 2.24) is 20.0 Å². The zero-order valence-corrected chi connectivity index (χ0v) is 20.3. The van der Waals surface area contributed by atoms with Crippen LogP contribution < -0.4 is 5.32 Å². The van der Waals surface area contributed by atoms with E-state index in [1.54, 1.807) is 18.2 Å². The highest BCUT2D eigenvalue weighted by Crippen LogP contribution is 2.20. The molecule has 2 aromatic carbocycles. The molecule has 6 nitrogen and oxygen atoms in total. The van der Waals surface area contributed by atoms with Gasteiger partial charge >= 0.3 is 0 Å². The van der Waals surface area contributed by atoms with Gasteiger partial charge in [0, 0.05) is 35.4 Å². The summed E-state index contributed by atoms with van der Waals surface area (Å²) >= 11 is 6.28. The van der Waals surface area contributed by atoms with Crippen LogP contribution in [0.5, 0.6) is 0 Å². The molecule has 1 heterocycles. The first-order chi connectivity index (χ1) is 16.3. The molecule has 0 aliphatic rings. The number of nitrogens with zero attached hydrogens (tertiary/aromatic N) is 3. The Morgan fingerprint density at radius 2 is 1.85 bits per heavy atom. The number of aryl methyl sites for hydroxylation is 1. The maximum atomic E-state index is 13.0. The summed E-state index contributed by atoms with van der Waals surface area (Å²) < 4.78 is 14.9. The molecule has 178 valence electrons. The number of hydrogen-bond acceptors (Lipinski definition) is 3.